The summed E-state index contributed by atoms with van der Waals surface area (Å²) >= 11 is 1.42. The highest BCUT2D eigenvalue weighted by Gasteiger charge is 2.10. The van der Waals surface area contributed by atoms with Crippen molar-refractivity contribution in [2.45, 2.75) is 13.8 Å². The minimum absolute atomic E-state index is 0.136. The molecule has 4 nitrogen and oxygen atoms in total. The minimum atomic E-state index is -0.136. The minimum Gasteiger partial charge on any atom is -0.431 e. The highest BCUT2D eigenvalue weighted by Crippen LogP contribution is 2.24. The lowest BCUT2D eigenvalue weighted by Crippen LogP contribution is -2.13. The Morgan fingerprint density at radius 2 is 1.78 bits per heavy atom. The van der Waals surface area contributed by atoms with Crippen LogP contribution < -0.4 is 10.1 Å². The van der Waals surface area contributed by atoms with E-state index in [1.807, 2.05) is 37.4 Å². The first-order valence-electron chi connectivity index (χ1n) is 7.18. The van der Waals surface area contributed by atoms with Crippen molar-refractivity contribution in [2.24, 2.45) is 0 Å². The van der Waals surface area contributed by atoms with Gasteiger partial charge in [0.1, 0.15) is 5.75 Å². The number of thiazole rings is 1. The standard InChI is InChI=1S/C18H16N2O2S/c1-12-4-3-5-13(2)16(12)20-17(21)14-6-8-15(9-7-14)22-18-19-10-11-23-18/h3-11H,1-2H3,(H,20,21). The van der Waals surface area contributed by atoms with Crippen LogP contribution >= 0.6 is 11.3 Å². The van der Waals surface area contributed by atoms with Gasteiger partial charge in [0.2, 0.25) is 0 Å². The first-order valence-corrected chi connectivity index (χ1v) is 8.06. The number of nitrogens with one attached hydrogen (secondary N) is 1. The maximum atomic E-state index is 12.4. The summed E-state index contributed by atoms with van der Waals surface area (Å²) in [6, 6.07) is 13.0. The van der Waals surface area contributed by atoms with E-state index in [1.54, 1.807) is 30.5 Å². The molecule has 0 bridgehead atoms. The fraction of sp³-hybridized carbons (Fsp3) is 0.111. The third-order valence-electron chi connectivity index (χ3n) is 3.45. The molecular formula is C18H16N2O2S. The summed E-state index contributed by atoms with van der Waals surface area (Å²) in [5.74, 6) is 0.520. The van der Waals surface area contributed by atoms with Crippen molar-refractivity contribution in [3.05, 3.63) is 70.7 Å². The van der Waals surface area contributed by atoms with Crippen LogP contribution in [0.25, 0.3) is 0 Å². The van der Waals surface area contributed by atoms with E-state index in [0.717, 1.165) is 16.8 Å². The van der Waals surface area contributed by atoms with Gasteiger partial charge < -0.3 is 10.1 Å². The zero-order valence-electron chi connectivity index (χ0n) is 12.9. The molecule has 0 spiro atoms. The monoisotopic (exact) mass is 324 g/mol. The summed E-state index contributed by atoms with van der Waals surface area (Å²) in [6.45, 7) is 3.96. The van der Waals surface area contributed by atoms with Crippen molar-refractivity contribution < 1.29 is 9.53 Å². The molecule has 116 valence electrons. The summed E-state index contributed by atoms with van der Waals surface area (Å²) in [6.07, 6.45) is 1.69. The van der Waals surface area contributed by atoms with Crippen LogP contribution in [-0.2, 0) is 0 Å². The number of carbonyl (C=O) groups excluding carboxylic acids is 1. The molecule has 0 unspecified atom stereocenters. The number of nitrogens with zero attached hydrogens (tertiary/aromatic N) is 1. The number of para-hydroxylation sites is 1. The Balaban J connectivity index is 1.73. The van der Waals surface area contributed by atoms with Crippen molar-refractivity contribution in [1.82, 2.24) is 4.98 Å². The van der Waals surface area contributed by atoms with Gasteiger partial charge >= 0.3 is 0 Å². The number of hydrogen-bond donors (Lipinski definition) is 1. The van der Waals surface area contributed by atoms with Gasteiger partial charge in [-0.3, -0.25) is 4.79 Å². The van der Waals surface area contributed by atoms with Crippen molar-refractivity contribution in [2.75, 3.05) is 5.32 Å². The van der Waals surface area contributed by atoms with Gasteiger partial charge in [-0.2, -0.15) is 0 Å². The van der Waals surface area contributed by atoms with Gasteiger partial charge in [0.15, 0.2) is 0 Å². The molecule has 0 aliphatic carbocycles. The Hall–Kier alpha value is -2.66. The van der Waals surface area contributed by atoms with E-state index in [2.05, 4.69) is 10.3 Å². The molecule has 1 N–H and O–H groups in total. The van der Waals surface area contributed by atoms with Gasteiger partial charge in [-0.1, -0.05) is 29.5 Å². The summed E-state index contributed by atoms with van der Waals surface area (Å²) in [4.78, 5) is 16.4. The Kier molecular flexibility index (Phi) is 4.39. The van der Waals surface area contributed by atoms with Crippen LogP contribution in [0, 0.1) is 13.8 Å². The number of hydrogen-bond acceptors (Lipinski definition) is 4. The quantitative estimate of drug-likeness (QED) is 0.749. The maximum Gasteiger partial charge on any atom is 0.278 e. The summed E-state index contributed by atoms with van der Waals surface area (Å²) < 4.78 is 5.59. The largest absolute Gasteiger partial charge is 0.431 e. The van der Waals surface area contributed by atoms with Gasteiger partial charge in [-0.15, -0.1) is 0 Å². The van der Waals surface area contributed by atoms with Crippen molar-refractivity contribution in [3.8, 4) is 10.9 Å². The van der Waals surface area contributed by atoms with Gasteiger partial charge in [-0.05, 0) is 49.2 Å². The van der Waals surface area contributed by atoms with Crippen molar-refractivity contribution in [3.63, 3.8) is 0 Å². The Morgan fingerprint density at radius 1 is 1.09 bits per heavy atom. The molecule has 0 radical (unpaired) electrons. The molecule has 1 aromatic heterocycles. The normalized spacial score (nSPS) is 10.3. The molecule has 3 rings (SSSR count). The van der Waals surface area contributed by atoms with Gasteiger partial charge in [0, 0.05) is 22.8 Å². The number of aryl methyl sites for hydroxylation is 2. The molecule has 0 aliphatic rings. The molecule has 0 saturated heterocycles. The van der Waals surface area contributed by atoms with Crippen LogP contribution in [0.1, 0.15) is 21.5 Å². The first kappa shape index (κ1) is 15.2. The number of benzene rings is 2. The smallest absolute Gasteiger partial charge is 0.278 e. The fourth-order valence-electron chi connectivity index (χ4n) is 2.23. The number of carbonyl (C=O) groups is 1. The lowest BCUT2D eigenvalue weighted by Gasteiger charge is -2.11. The van der Waals surface area contributed by atoms with Gasteiger partial charge in [-0.25, -0.2) is 4.98 Å². The summed E-state index contributed by atoms with van der Waals surface area (Å²) in [5, 5.41) is 5.40. The third-order valence-corrected chi connectivity index (χ3v) is 4.10. The lowest BCUT2D eigenvalue weighted by atomic mass is 10.1. The SMILES string of the molecule is Cc1cccc(C)c1NC(=O)c1ccc(Oc2nccs2)cc1. The molecule has 0 fully saturated rings. The molecular weight excluding hydrogens is 308 g/mol. The first-order chi connectivity index (χ1) is 11.1. The second-order valence-electron chi connectivity index (χ2n) is 5.15. The predicted octanol–water partition coefficient (Wildman–Crippen LogP) is 4.80. The zero-order valence-corrected chi connectivity index (χ0v) is 13.7. The van der Waals surface area contributed by atoms with Crippen LogP contribution in [-0.4, -0.2) is 10.9 Å². The number of rotatable bonds is 4. The highest BCUT2D eigenvalue weighted by atomic mass is 32.1. The molecule has 2 aromatic carbocycles. The van der Waals surface area contributed by atoms with Crippen LogP contribution in [0.15, 0.2) is 54.0 Å². The average molecular weight is 324 g/mol. The predicted molar refractivity (Wildman–Crippen MR) is 92.5 cm³/mol. The fourth-order valence-corrected chi connectivity index (χ4v) is 2.74. The van der Waals surface area contributed by atoms with Crippen LogP contribution in [0.4, 0.5) is 5.69 Å². The number of aromatic nitrogens is 1. The number of anilines is 1. The second kappa shape index (κ2) is 6.62. The second-order valence-corrected chi connectivity index (χ2v) is 6.00. The summed E-state index contributed by atoms with van der Waals surface area (Å²) in [7, 11) is 0. The van der Waals surface area contributed by atoms with E-state index in [9.17, 15) is 4.79 Å². The van der Waals surface area contributed by atoms with Crippen LogP contribution in [0.3, 0.4) is 0 Å². The molecule has 1 amide bonds. The molecule has 0 aliphatic heterocycles. The zero-order chi connectivity index (χ0) is 16.2. The summed E-state index contributed by atoms with van der Waals surface area (Å²) in [5.41, 5.74) is 3.53. The molecule has 23 heavy (non-hydrogen) atoms. The van der Waals surface area contributed by atoms with Crippen molar-refractivity contribution >= 4 is 22.9 Å². The Morgan fingerprint density at radius 3 is 2.39 bits per heavy atom. The third kappa shape index (κ3) is 3.57. The molecule has 3 aromatic rings. The van der Waals surface area contributed by atoms with E-state index in [1.165, 1.54) is 11.3 Å². The van der Waals surface area contributed by atoms with Gasteiger partial charge in [0.25, 0.3) is 11.1 Å². The average Bonchev–Trinajstić information content (AvgIpc) is 3.04. The molecule has 0 atom stereocenters. The van der Waals surface area contributed by atoms with Gasteiger partial charge in [0.05, 0.1) is 0 Å². The topological polar surface area (TPSA) is 51.2 Å². The highest BCUT2D eigenvalue weighted by molar-refractivity contribution is 7.11. The van der Waals surface area contributed by atoms with E-state index >= 15 is 0 Å². The van der Waals surface area contributed by atoms with E-state index in [-0.39, 0.29) is 5.91 Å². The van der Waals surface area contributed by atoms with Crippen LogP contribution in [0.5, 0.6) is 10.9 Å². The van der Waals surface area contributed by atoms with E-state index < -0.39 is 0 Å². The molecule has 0 saturated carbocycles. The lowest BCUT2D eigenvalue weighted by molar-refractivity contribution is 0.102. The Bertz CT molecular complexity index is 791. The van der Waals surface area contributed by atoms with E-state index in [0.29, 0.717) is 16.5 Å². The Labute approximate surface area is 138 Å². The van der Waals surface area contributed by atoms with Crippen molar-refractivity contribution in [1.29, 1.82) is 0 Å². The van der Waals surface area contributed by atoms with Crippen LogP contribution in [0.2, 0.25) is 0 Å². The molecule has 1 heterocycles. The maximum absolute atomic E-state index is 12.4. The number of amides is 1. The molecule has 5 heteroatoms. The van der Waals surface area contributed by atoms with E-state index in [4.69, 9.17) is 4.74 Å². The number of ether oxygens (including phenoxy) is 1.